The molecule has 0 unspecified atom stereocenters. The van der Waals surface area contributed by atoms with Crippen molar-refractivity contribution in [2.24, 2.45) is 0 Å². The fourth-order valence-electron chi connectivity index (χ4n) is 2.69. The van der Waals surface area contributed by atoms with Crippen LogP contribution in [0.2, 0.25) is 0 Å². The van der Waals surface area contributed by atoms with E-state index in [-0.39, 0.29) is 67.1 Å². The third-order valence-electron chi connectivity index (χ3n) is 4.43. The third-order valence-corrected chi connectivity index (χ3v) is 7.04. The minimum absolute atomic E-state index is 0. The van der Waals surface area contributed by atoms with E-state index in [2.05, 4.69) is 9.44 Å². The molecule has 0 aliphatic heterocycles. The summed E-state index contributed by atoms with van der Waals surface area (Å²) < 4.78 is 58.6. The predicted molar refractivity (Wildman–Crippen MR) is 132 cm³/mol. The van der Waals surface area contributed by atoms with Crippen molar-refractivity contribution in [2.75, 3.05) is 0 Å². The molecule has 0 aromatic heterocycles. The molecule has 0 saturated heterocycles. The molecule has 3 rings (SSSR count). The van der Waals surface area contributed by atoms with Gasteiger partial charge in [0.1, 0.15) is 32.2 Å². The van der Waals surface area contributed by atoms with Gasteiger partial charge in [0.2, 0.25) is 0 Å². The molecule has 3 aromatic rings. The Morgan fingerprint density at radius 2 is 0.917 bits per heavy atom. The zero-order valence-corrected chi connectivity index (χ0v) is 21.8. The van der Waals surface area contributed by atoms with Crippen molar-refractivity contribution in [3.05, 3.63) is 92.4 Å². The fraction of sp³-hybridized carbons (Fsp3) is 0.0909. The first kappa shape index (κ1) is 34.7. The summed E-state index contributed by atoms with van der Waals surface area (Å²) in [7, 11) is -8.49. The summed E-state index contributed by atoms with van der Waals surface area (Å²) >= 11 is 0. The Balaban J connectivity index is 0. The topological polar surface area (TPSA) is 246 Å². The van der Waals surface area contributed by atoms with Crippen LogP contribution in [0.3, 0.4) is 0 Å². The molecule has 0 saturated carbocycles. The van der Waals surface area contributed by atoms with Gasteiger partial charge in [-0.15, -0.1) is 11.4 Å². The second-order valence-corrected chi connectivity index (χ2v) is 10.1. The standard InChI is InChI=1S/C22H16N4O4S2.Cu.2H3N.H2O/c1-15-3-7-19(8-4-15)31(27,28)25-21-11-17(13-23)18(14-24)12-22(21)26-32(29,30)20-9-5-16(2)6-10-20;;;;/h3-12H,1-2H3;;2*1H3;1H2/q-2;+2;;;. The minimum Gasteiger partial charge on any atom is -0.574 e. The predicted octanol–water partition coefficient (Wildman–Crippen LogP) is 4.33. The Labute approximate surface area is 221 Å². The smallest absolute Gasteiger partial charge is 0.574 e. The first-order valence-electron chi connectivity index (χ1n) is 9.13. The van der Waals surface area contributed by atoms with Crippen LogP contribution in [0, 0.1) is 36.5 Å². The molecule has 0 aliphatic rings. The third kappa shape index (κ3) is 7.78. The van der Waals surface area contributed by atoms with Gasteiger partial charge in [-0.2, -0.15) is 10.5 Å². The Morgan fingerprint density at radius 3 is 1.17 bits per heavy atom. The summed E-state index contributed by atoms with van der Waals surface area (Å²) in [6.45, 7) is 3.58. The molecule has 8 N–H and O–H groups in total. The number of hydrogen-bond acceptors (Lipinski definition) is 8. The van der Waals surface area contributed by atoms with Crippen molar-refractivity contribution in [1.82, 2.24) is 12.3 Å². The van der Waals surface area contributed by atoms with Crippen LogP contribution in [0.1, 0.15) is 22.3 Å². The quantitative estimate of drug-likeness (QED) is 0.396. The first-order valence-corrected chi connectivity index (χ1v) is 12.0. The number of rotatable bonds is 6. The summed E-state index contributed by atoms with van der Waals surface area (Å²) in [5.41, 5.74) is 0.644. The summed E-state index contributed by atoms with van der Waals surface area (Å²) in [6, 6.07) is 17.5. The Kier molecular flexibility index (Phi) is 13.1. The van der Waals surface area contributed by atoms with Crippen LogP contribution in [0.5, 0.6) is 0 Å². The van der Waals surface area contributed by atoms with Crippen LogP contribution in [0.15, 0.2) is 70.5 Å². The van der Waals surface area contributed by atoms with Gasteiger partial charge in [0, 0.05) is 0 Å². The van der Waals surface area contributed by atoms with Gasteiger partial charge in [-0.05, 0) is 38.1 Å². The molecule has 0 amide bonds. The molecule has 1 radical (unpaired) electrons. The second-order valence-electron chi connectivity index (χ2n) is 6.87. The SMILES string of the molecule is Cc1ccc(S(=O)(=O)[N-]c2cc(C#N)c(C#N)cc2[N-]S(=O)(=O)c2ccc(C)cc2)cc1.N.N.O.[Cu+2]. The molecule has 0 bridgehead atoms. The molecule has 0 fully saturated rings. The van der Waals surface area contributed by atoms with Crippen molar-refractivity contribution in [1.29, 1.82) is 10.5 Å². The number of nitriles is 2. The van der Waals surface area contributed by atoms with Gasteiger partial charge < -0.3 is 27.2 Å². The van der Waals surface area contributed by atoms with Crippen molar-refractivity contribution < 1.29 is 39.4 Å². The summed E-state index contributed by atoms with van der Waals surface area (Å²) in [4.78, 5) is -0.225. The second kappa shape index (κ2) is 13.6. The zero-order chi connectivity index (χ0) is 23.5. The van der Waals surface area contributed by atoms with Gasteiger partial charge in [-0.25, -0.2) is 16.8 Å². The van der Waals surface area contributed by atoms with Crippen LogP contribution < -0.4 is 12.3 Å². The van der Waals surface area contributed by atoms with Crippen LogP contribution >= 0.6 is 0 Å². The summed E-state index contributed by atoms with van der Waals surface area (Å²) in [5, 5.41) is 18.6. The molecule has 11 nitrogen and oxygen atoms in total. The van der Waals surface area contributed by atoms with Gasteiger partial charge in [0.05, 0.1) is 20.9 Å². The van der Waals surface area contributed by atoms with Crippen LogP contribution in [0.4, 0.5) is 11.4 Å². The van der Waals surface area contributed by atoms with E-state index < -0.39 is 20.0 Å². The monoisotopic (exact) mass is 579 g/mol. The molecule has 0 aliphatic carbocycles. The maximum absolute atomic E-state index is 12.8. The number of sulfonamides is 2. The summed E-state index contributed by atoms with van der Waals surface area (Å²) in [6.07, 6.45) is 0. The van der Waals surface area contributed by atoms with E-state index in [1.165, 1.54) is 24.3 Å². The number of hydrogen-bond donors (Lipinski definition) is 2. The molecule has 0 atom stereocenters. The van der Waals surface area contributed by atoms with E-state index in [0.717, 1.165) is 23.3 Å². The molecule has 195 valence electrons. The van der Waals surface area contributed by atoms with Crippen molar-refractivity contribution in [3.63, 3.8) is 0 Å². The van der Waals surface area contributed by atoms with Gasteiger partial charge in [0.15, 0.2) is 0 Å². The first-order chi connectivity index (χ1) is 15.1. The molecule has 0 heterocycles. The van der Waals surface area contributed by atoms with E-state index in [1.807, 2.05) is 0 Å². The van der Waals surface area contributed by atoms with Crippen LogP contribution in [-0.4, -0.2) is 22.3 Å². The van der Waals surface area contributed by atoms with E-state index in [0.29, 0.717) is 0 Å². The van der Waals surface area contributed by atoms with Gasteiger partial charge in [-0.3, -0.25) is 0 Å². The van der Waals surface area contributed by atoms with Gasteiger partial charge in [0.25, 0.3) is 0 Å². The molecule has 36 heavy (non-hydrogen) atoms. The Morgan fingerprint density at radius 1 is 0.639 bits per heavy atom. The molecule has 3 aromatic carbocycles. The number of benzene rings is 3. The maximum Gasteiger partial charge on any atom is 2.00 e. The normalized spacial score (nSPS) is 10.0. The van der Waals surface area contributed by atoms with E-state index >= 15 is 0 Å². The molecule has 0 spiro atoms. The Hall–Kier alpha value is -3.46. The largest absolute Gasteiger partial charge is 2.00 e. The van der Waals surface area contributed by atoms with Crippen molar-refractivity contribution in [2.45, 2.75) is 23.6 Å². The minimum atomic E-state index is -4.25. The Bertz CT molecular complexity index is 1370. The fourth-order valence-corrected chi connectivity index (χ4v) is 4.67. The average molecular weight is 580 g/mol. The van der Waals surface area contributed by atoms with E-state index in [9.17, 15) is 27.4 Å². The van der Waals surface area contributed by atoms with Crippen LogP contribution in [-0.2, 0) is 37.1 Å². The maximum atomic E-state index is 12.8. The number of nitrogens with zero attached hydrogens (tertiary/aromatic N) is 4. The van der Waals surface area contributed by atoms with Gasteiger partial charge >= 0.3 is 17.1 Å². The van der Waals surface area contributed by atoms with E-state index in [1.54, 1.807) is 50.3 Å². The van der Waals surface area contributed by atoms with Crippen molar-refractivity contribution >= 4 is 31.4 Å². The zero-order valence-electron chi connectivity index (χ0n) is 19.2. The summed E-state index contributed by atoms with van der Waals surface area (Å²) in [5.74, 6) is 0. The molecular formula is C22H24CuN6O5S2. The molecular weight excluding hydrogens is 556 g/mol. The van der Waals surface area contributed by atoms with Crippen LogP contribution in [0.25, 0.3) is 9.44 Å². The van der Waals surface area contributed by atoms with E-state index in [4.69, 9.17) is 0 Å². The molecule has 14 heteroatoms. The number of aryl methyl sites for hydroxylation is 2. The van der Waals surface area contributed by atoms with Gasteiger partial charge in [-0.1, -0.05) is 47.5 Å². The average Bonchev–Trinajstić information content (AvgIpc) is 2.74. The van der Waals surface area contributed by atoms with Crippen molar-refractivity contribution in [3.8, 4) is 12.1 Å².